The van der Waals surface area contributed by atoms with Crippen molar-refractivity contribution in [2.45, 2.75) is 11.4 Å². The van der Waals surface area contributed by atoms with E-state index in [9.17, 15) is 21.6 Å². The van der Waals surface area contributed by atoms with Crippen molar-refractivity contribution in [1.82, 2.24) is 9.97 Å². The minimum Gasteiger partial charge on any atom is -0.403 e. The Morgan fingerprint density at radius 1 is 1.25 bits per heavy atom. The topological polar surface area (TPSA) is 148 Å². The maximum absolute atomic E-state index is 14.1. The number of nitrogens with one attached hydrogen (secondary N) is 2. The van der Waals surface area contributed by atoms with E-state index in [0.29, 0.717) is 17.8 Å². The minimum atomic E-state index is -4.28. The van der Waals surface area contributed by atoms with Crippen molar-refractivity contribution < 1.29 is 21.6 Å². The van der Waals surface area contributed by atoms with Crippen molar-refractivity contribution in [3.8, 4) is 0 Å². The summed E-state index contributed by atoms with van der Waals surface area (Å²) in [6, 6.07) is 1.14. The van der Waals surface area contributed by atoms with E-state index in [4.69, 9.17) is 10.9 Å². The number of allylic oxidation sites excluding steroid dienone is 1. The highest BCUT2D eigenvalue weighted by Crippen LogP contribution is 2.20. The van der Waals surface area contributed by atoms with Gasteiger partial charge in [0, 0.05) is 31.6 Å². The summed E-state index contributed by atoms with van der Waals surface area (Å²) in [5.41, 5.74) is 5.19. The van der Waals surface area contributed by atoms with Crippen LogP contribution in [0.2, 0.25) is 0 Å². The van der Waals surface area contributed by atoms with Gasteiger partial charge in [-0.3, -0.25) is 4.99 Å². The molecule has 1 aromatic carbocycles. The molecule has 0 bridgehead atoms. The summed E-state index contributed by atoms with van der Waals surface area (Å²) in [5, 5.41) is 9.94. The van der Waals surface area contributed by atoms with E-state index in [1.54, 1.807) is 0 Å². The molecule has 0 atom stereocenters. The number of nitrogens with two attached hydrogens (primary N) is 2. The quantitative estimate of drug-likeness (QED) is 0.494. The van der Waals surface area contributed by atoms with E-state index in [0.717, 1.165) is 6.20 Å². The molecule has 0 spiro atoms. The summed E-state index contributed by atoms with van der Waals surface area (Å²) in [4.78, 5) is 10.6. The fourth-order valence-electron chi connectivity index (χ4n) is 2.02. The van der Waals surface area contributed by atoms with E-state index in [1.807, 2.05) is 0 Å². The van der Waals surface area contributed by atoms with Gasteiger partial charge in [-0.1, -0.05) is 0 Å². The molecular formula is C15H16F3N7O2S. The highest BCUT2D eigenvalue weighted by Gasteiger charge is 2.17. The molecule has 9 nitrogen and oxygen atoms in total. The van der Waals surface area contributed by atoms with E-state index >= 15 is 0 Å². The van der Waals surface area contributed by atoms with Crippen molar-refractivity contribution in [1.29, 1.82) is 0 Å². The normalized spacial score (nSPS) is 12.4. The molecule has 28 heavy (non-hydrogen) atoms. The van der Waals surface area contributed by atoms with Crippen LogP contribution in [0.4, 0.5) is 24.9 Å². The van der Waals surface area contributed by atoms with Gasteiger partial charge >= 0.3 is 0 Å². The van der Waals surface area contributed by atoms with Crippen LogP contribution in [0.5, 0.6) is 0 Å². The number of aliphatic imine (C=N–C) groups is 1. The molecule has 1 aromatic heterocycles. The molecule has 1 heterocycles. The Morgan fingerprint density at radius 3 is 2.43 bits per heavy atom. The molecule has 2 rings (SSSR count). The number of halogens is 3. The van der Waals surface area contributed by atoms with Gasteiger partial charge < -0.3 is 16.4 Å². The highest BCUT2D eigenvalue weighted by molar-refractivity contribution is 7.89. The molecule has 150 valence electrons. The molecule has 0 aliphatic heterocycles. The summed E-state index contributed by atoms with van der Waals surface area (Å²) in [6.07, 6.45) is 3.40. The van der Waals surface area contributed by atoms with Crippen molar-refractivity contribution in [3.63, 3.8) is 0 Å². The van der Waals surface area contributed by atoms with Crippen molar-refractivity contribution in [2.24, 2.45) is 15.9 Å². The predicted octanol–water partition coefficient (Wildman–Crippen LogP) is 1.07. The van der Waals surface area contributed by atoms with Gasteiger partial charge in [0.1, 0.15) is 11.6 Å². The lowest BCUT2D eigenvalue weighted by molar-refractivity contribution is 0.547. The molecule has 13 heteroatoms. The second kappa shape index (κ2) is 8.67. The van der Waals surface area contributed by atoms with Gasteiger partial charge in [0.2, 0.25) is 16.0 Å². The number of primary sulfonamides is 1. The lowest BCUT2D eigenvalue weighted by Crippen LogP contribution is -2.15. The molecule has 0 aliphatic rings. The first-order valence-electron chi connectivity index (χ1n) is 7.54. The van der Waals surface area contributed by atoms with Gasteiger partial charge in [-0.25, -0.2) is 31.7 Å². The van der Waals surface area contributed by atoms with E-state index in [1.165, 1.54) is 19.5 Å². The zero-order chi connectivity index (χ0) is 20.9. The number of hydrogen-bond donors (Lipinski definition) is 4. The molecule has 0 unspecified atom stereocenters. The number of sulfonamides is 1. The Kier molecular flexibility index (Phi) is 6.53. The van der Waals surface area contributed by atoms with Crippen LogP contribution in [0.1, 0.15) is 5.56 Å². The molecule has 6 N–H and O–H groups in total. The SMILES string of the molecule is CN=CC(=CN)Nc1ncc(F)c(NCc2c(F)cc(S(N)(=O)=O)cc2F)n1. The fourth-order valence-corrected chi connectivity index (χ4v) is 2.56. The van der Waals surface area contributed by atoms with Crippen LogP contribution < -0.4 is 21.5 Å². The molecule has 0 amide bonds. The Labute approximate surface area is 158 Å². The van der Waals surface area contributed by atoms with Crippen LogP contribution in [0, 0.1) is 17.5 Å². The van der Waals surface area contributed by atoms with Gasteiger partial charge in [0.05, 0.1) is 16.8 Å². The van der Waals surface area contributed by atoms with Crippen LogP contribution in [0.25, 0.3) is 0 Å². The monoisotopic (exact) mass is 415 g/mol. The maximum atomic E-state index is 14.1. The number of anilines is 2. The Balaban J connectivity index is 2.24. The van der Waals surface area contributed by atoms with Crippen molar-refractivity contribution >= 4 is 28.0 Å². The van der Waals surface area contributed by atoms with Gasteiger partial charge in [0.25, 0.3) is 0 Å². The molecule has 0 saturated carbocycles. The number of aromatic nitrogens is 2. The average molecular weight is 415 g/mol. The van der Waals surface area contributed by atoms with Gasteiger partial charge in [-0.2, -0.15) is 4.98 Å². The zero-order valence-electron chi connectivity index (χ0n) is 14.4. The minimum absolute atomic E-state index is 0.0500. The van der Waals surface area contributed by atoms with E-state index in [2.05, 4.69) is 25.6 Å². The predicted molar refractivity (Wildman–Crippen MR) is 97.4 cm³/mol. The molecule has 0 fully saturated rings. The number of benzene rings is 1. The summed E-state index contributed by atoms with van der Waals surface area (Å²) >= 11 is 0. The molecule has 0 radical (unpaired) electrons. The summed E-state index contributed by atoms with van der Waals surface area (Å²) in [5.74, 6) is -3.62. The van der Waals surface area contributed by atoms with Crippen molar-refractivity contribution in [3.05, 3.63) is 53.2 Å². The van der Waals surface area contributed by atoms with Crippen LogP contribution in [-0.2, 0) is 16.6 Å². The molecule has 0 saturated heterocycles. The largest absolute Gasteiger partial charge is 0.403 e. The second-order valence-electron chi connectivity index (χ2n) is 5.29. The lowest BCUT2D eigenvalue weighted by atomic mass is 10.2. The van der Waals surface area contributed by atoms with Gasteiger partial charge in [-0.15, -0.1) is 0 Å². The van der Waals surface area contributed by atoms with E-state index in [-0.39, 0.29) is 11.8 Å². The van der Waals surface area contributed by atoms with Crippen LogP contribution in [-0.4, -0.2) is 31.6 Å². The molecular weight excluding hydrogens is 399 g/mol. The summed E-state index contributed by atoms with van der Waals surface area (Å²) in [6.45, 7) is -0.522. The standard InChI is InChI=1S/C15H16F3N7O2S/c1-21-5-8(4-19)24-15-23-7-13(18)14(25-15)22-6-10-11(16)2-9(3-12(10)17)28(20,26)27/h2-5,7H,6,19H2,1H3,(H2,20,26,27)(H2,22,23,24,25). The van der Waals surface area contributed by atoms with Crippen molar-refractivity contribution in [2.75, 3.05) is 17.7 Å². The summed E-state index contributed by atoms with van der Waals surface area (Å²) in [7, 11) is -2.77. The van der Waals surface area contributed by atoms with Crippen LogP contribution in [0.15, 0.2) is 40.1 Å². The zero-order valence-corrected chi connectivity index (χ0v) is 15.3. The molecule has 2 aromatic rings. The first-order chi connectivity index (χ1) is 13.2. The van der Waals surface area contributed by atoms with Crippen LogP contribution in [0.3, 0.4) is 0 Å². The fraction of sp³-hybridized carbons (Fsp3) is 0.133. The third-order valence-corrected chi connectivity index (χ3v) is 4.22. The number of hydrogen-bond acceptors (Lipinski definition) is 8. The maximum Gasteiger partial charge on any atom is 0.238 e. The van der Waals surface area contributed by atoms with Crippen LogP contribution >= 0.6 is 0 Å². The Bertz CT molecular complexity index is 1020. The smallest absolute Gasteiger partial charge is 0.238 e. The van der Waals surface area contributed by atoms with Gasteiger partial charge in [-0.05, 0) is 12.1 Å². The number of nitrogens with zero attached hydrogens (tertiary/aromatic N) is 3. The Hall–Kier alpha value is -3.19. The third kappa shape index (κ3) is 5.17. The molecule has 0 aliphatic carbocycles. The number of rotatable bonds is 7. The Morgan fingerprint density at radius 2 is 1.89 bits per heavy atom. The highest BCUT2D eigenvalue weighted by atomic mass is 32.2. The lowest BCUT2D eigenvalue weighted by Gasteiger charge is -2.11. The third-order valence-electron chi connectivity index (χ3n) is 3.32. The van der Waals surface area contributed by atoms with Gasteiger partial charge in [0.15, 0.2) is 11.6 Å². The first kappa shape index (κ1) is 21.1. The van der Waals surface area contributed by atoms with E-state index < -0.39 is 44.5 Å². The first-order valence-corrected chi connectivity index (χ1v) is 9.08. The second-order valence-corrected chi connectivity index (χ2v) is 6.85. The average Bonchev–Trinajstić information content (AvgIpc) is 2.62. The summed E-state index contributed by atoms with van der Waals surface area (Å²) < 4.78 is 64.4.